The third kappa shape index (κ3) is 3.09. The summed E-state index contributed by atoms with van der Waals surface area (Å²) in [5, 5.41) is 11.6. The lowest BCUT2D eigenvalue weighted by molar-refractivity contribution is 0.0692. The number of nitrogens with one attached hydrogen (secondary N) is 1. The lowest BCUT2D eigenvalue weighted by Crippen LogP contribution is -2.04. The van der Waals surface area contributed by atoms with E-state index < -0.39 is 29.0 Å². The standard InChI is InChI=1S/C14H10F3NO2/c15-11-4-2-9(6-10(11)14(19)20)18-7-8-1-3-12(16)13(17)5-8/h1-6,18H,7H2,(H,19,20). The van der Waals surface area contributed by atoms with Crippen LogP contribution < -0.4 is 5.32 Å². The quantitative estimate of drug-likeness (QED) is 0.902. The molecule has 0 aromatic heterocycles. The zero-order valence-electron chi connectivity index (χ0n) is 10.2. The minimum absolute atomic E-state index is 0.155. The number of benzene rings is 2. The maximum atomic E-state index is 13.2. The number of halogens is 3. The first-order valence-electron chi connectivity index (χ1n) is 5.68. The smallest absolute Gasteiger partial charge is 0.338 e. The number of hydrogen-bond donors (Lipinski definition) is 2. The molecule has 3 nitrogen and oxygen atoms in total. The Bertz CT molecular complexity index is 659. The molecule has 0 atom stereocenters. The van der Waals surface area contributed by atoms with Crippen molar-refractivity contribution in [1.29, 1.82) is 0 Å². The monoisotopic (exact) mass is 281 g/mol. The van der Waals surface area contributed by atoms with E-state index in [9.17, 15) is 18.0 Å². The molecular weight excluding hydrogens is 271 g/mol. The molecule has 0 saturated carbocycles. The number of carboxylic acids is 1. The van der Waals surface area contributed by atoms with Crippen LogP contribution in [0.1, 0.15) is 15.9 Å². The molecule has 0 fully saturated rings. The van der Waals surface area contributed by atoms with Gasteiger partial charge in [-0.2, -0.15) is 0 Å². The van der Waals surface area contributed by atoms with Gasteiger partial charge in [-0.3, -0.25) is 0 Å². The van der Waals surface area contributed by atoms with Crippen LogP contribution in [-0.4, -0.2) is 11.1 Å². The first-order valence-corrected chi connectivity index (χ1v) is 5.68. The van der Waals surface area contributed by atoms with Crippen molar-refractivity contribution in [3.63, 3.8) is 0 Å². The maximum Gasteiger partial charge on any atom is 0.338 e. The molecule has 104 valence electrons. The highest BCUT2D eigenvalue weighted by atomic mass is 19.2. The Morgan fingerprint density at radius 2 is 1.70 bits per heavy atom. The Hall–Kier alpha value is -2.50. The topological polar surface area (TPSA) is 49.3 Å². The fraction of sp³-hybridized carbons (Fsp3) is 0.0714. The highest BCUT2D eigenvalue weighted by molar-refractivity contribution is 5.89. The van der Waals surface area contributed by atoms with E-state index >= 15 is 0 Å². The molecule has 0 heterocycles. The lowest BCUT2D eigenvalue weighted by Gasteiger charge is -2.08. The number of aromatic carboxylic acids is 1. The Balaban J connectivity index is 2.12. The van der Waals surface area contributed by atoms with Gasteiger partial charge in [0.25, 0.3) is 0 Å². The number of anilines is 1. The van der Waals surface area contributed by atoms with Gasteiger partial charge in [0.2, 0.25) is 0 Å². The average Bonchev–Trinajstić information content (AvgIpc) is 2.41. The molecule has 0 bridgehead atoms. The van der Waals surface area contributed by atoms with E-state index in [2.05, 4.69) is 5.32 Å². The molecule has 0 unspecified atom stereocenters. The van der Waals surface area contributed by atoms with Crippen molar-refractivity contribution in [3.05, 3.63) is 65.0 Å². The van der Waals surface area contributed by atoms with Gasteiger partial charge >= 0.3 is 5.97 Å². The Morgan fingerprint density at radius 1 is 1.00 bits per heavy atom. The summed E-state index contributed by atoms with van der Waals surface area (Å²) in [4.78, 5) is 10.8. The van der Waals surface area contributed by atoms with Gasteiger partial charge in [0.15, 0.2) is 11.6 Å². The molecule has 0 radical (unpaired) electrons. The van der Waals surface area contributed by atoms with Gasteiger partial charge in [0.05, 0.1) is 5.56 Å². The van der Waals surface area contributed by atoms with Crippen LogP contribution in [0.3, 0.4) is 0 Å². The summed E-state index contributed by atoms with van der Waals surface area (Å²) >= 11 is 0. The third-order valence-corrected chi connectivity index (χ3v) is 2.68. The first-order chi connectivity index (χ1) is 9.47. The van der Waals surface area contributed by atoms with E-state index in [-0.39, 0.29) is 6.54 Å². The predicted octanol–water partition coefficient (Wildman–Crippen LogP) is 3.41. The number of rotatable bonds is 4. The number of carboxylic acid groups (broad SMARTS) is 1. The van der Waals surface area contributed by atoms with Crippen molar-refractivity contribution in [2.24, 2.45) is 0 Å². The second-order valence-corrected chi connectivity index (χ2v) is 4.10. The molecule has 2 rings (SSSR count). The zero-order valence-corrected chi connectivity index (χ0v) is 10.2. The molecule has 6 heteroatoms. The number of hydrogen-bond acceptors (Lipinski definition) is 2. The van der Waals surface area contributed by atoms with Gasteiger partial charge < -0.3 is 10.4 Å². The Morgan fingerprint density at radius 3 is 2.35 bits per heavy atom. The van der Waals surface area contributed by atoms with Crippen molar-refractivity contribution in [1.82, 2.24) is 0 Å². The van der Waals surface area contributed by atoms with E-state index in [1.165, 1.54) is 12.1 Å². The predicted molar refractivity (Wildman–Crippen MR) is 67.0 cm³/mol. The number of carbonyl (C=O) groups is 1. The summed E-state index contributed by atoms with van der Waals surface area (Å²) in [5.74, 6) is -4.12. The molecular formula is C14H10F3NO2. The largest absolute Gasteiger partial charge is 0.478 e. The van der Waals surface area contributed by atoms with Crippen molar-refractivity contribution in [3.8, 4) is 0 Å². The molecule has 0 aliphatic heterocycles. The summed E-state index contributed by atoms with van der Waals surface area (Å²) in [6.07, 6.45) is 0. The van der Waals surface area contributed by atoms with Crippen LogP contribution in [0.15, 0.2) is 36.4 Å². The molecule has 0 spiro atoms. The molecule has 20 heavy (non-hydrogen) atoms. The van der Waals surface area contributed by atoms with Crippen LogP contribution >= 0.6 is 0 Å². The molecule has 2 aromatic rings. The normalized spacial score (nSPS) is 10.3. The van der Waals surface area contributed by atoms with Crippen LogP contribution in [0.2, 0.25) is 0 Å². The molecule has 0 saturated heterocycles. The highest BCUT2D eigenvalue weighted by Crippen LogP contribution is 2.16. The first kappa shape index (κ1) is 13.9. The summed E-state index contributed by atoms with van der Waals surface area (Å²) in [6.45, 7) is 0.155. The fourth-order valence-corrected chi connectivity index (χ4v) is 1.65. The Labute approximate surface area is 112 Å². The van der Waals surface area contributed by atoms with E-state index in [1.807, 2.05) is 0 Å². The van der Waals surface area contributed by atoms with Gasteiger partial charge in [0, 0.05) is 12.2 Å². The van der Waals surface area contributed by atoms with Gasteiger partial charge in [-0.1, -0.05) is 6.07 Å². The van der Waals surface area contributed by atoms with Crippen molar-refractivity contribution in [2.45, 2.75) is 6.54 Å². The van der Waals surface area contributed by atoms with Crippen LogP contribution in [0.4, 0.5) is 18.9 Å². The summed E-state index contributed by atoms with van der Waals surface area (Å²) < 4.78 is 38.9. The highest BCUT2D eigenvalue weighted by Gasteiger charge is 2.10. The second-order valence-electron chi connectivity index (χ2n) is 4.10. The summed E-state index contributed by atoms with van der Waals surface area (Å²) in [7, 11) is 0. The van der Waals surface area contributed by atoms with E-state index in [1.54, 1.807) is 0 Å². The van der Waals surface area contributed by atoms with Crippen molar-refractivity contribution >= 4 is 11.7 Å². The Kier molecular flexibility index (Phi) is 3.93. The van der Waals surface area contributed by atoms with Gasteiger partial charge in [-0.25, -0.2) is 18.0 Å². The molecule has 2 aromatic carbocycles. The summed E-state index contributed by atoms with van der Waals surface area (Å²) in [6, 6.07) is 6.95. The van der Waals surface area contributed by atoms with E-state index in [0.717, 1.165) is 24.3 Å². The molecule has 0 aliphatic carbocycles. The molecule has 0 amide bonds. The average molecular weight is 281 g/mol. The van der Waals surface area contributed by atoms with Gasteiger partial charge in [-0.15, -0.1) is 0 Å². The molecule has 0 aliphatic rings. The third-order valence-electron chi connectivity index (χ3n) is 2.68. The molecule has 2 N–H and O–H groups in total. The van der Waals surface area contributed by atoms with Crippen molar-refractivity contribution < 1.29 is 23.1 Å². The minimum atomic E-state index is -1.38. The van der Waals surface area contributed by atoms with Crippen LogP contribution in [0.5, 0.6) is 0 Å². The maximum absolute atomic E-state index is 13.2. The minimum Gasteiger partial charge on any atom is -0.478 e. The second kappa shape index (κ2) is 5.64. The fourth-order valence-electron chi connectivity index (χ4n) is 1.65. The zero-order chi connectivity index (χ0) is 14.7. The van der Waals surface area contributed by atoms with Crippen molar-refractivity contribution in [2.75, 3.05) is 5.32 Å². The van der Waals surface area contributed by atoms with E-state index in [0.29, 0.717) is 11.3 Å². The van der Waals surface area contributed by atoms with Crippen LogP contribution in [0.25, 0.3) is 0 Å². The van der Waals surface area contributed by atoms with Gasteiger partial charge in [0.1, 0.15) is 5.82 Å². The summed E-state index contributed by atoms with van der Waals surface area (Å²) in [5.41, 5.74) is 0.388. The SMILES string of the molecule is O=C(O)c1cc(NCc2ccc(F)c(F)c2)ccc1F. The van der Waals surface area contributed by atoms with Gasteiger partial charge in [-0.05, 0) is 35.9 Å². The van der Waals surface area contributed by atoms with Crippen LogP contribution in [-0.2, 0) is 6.54 Å². The van der Waals surface area contributed by atoms with E-state index in [4.69, 9.17) is 5.11 Å². The van der Waals surface area contributed by atoms with Crippen LogP contribution in [0, 0.1) is 17.5 Å². The lowest BCUT2D eigenvalue weighted by atomic mass is 10.1.